The van der Waals surface area contributed by atoms with Crippen molar-refractivity contribution in [1.29, 1.82) is 0 Å². The van der Waals surface area contributed by atoms with Gasteiger partial charge in [0.2, 0.25) is 0 Å². The van der Waals surface area contributed by atoms with E-state index in [9.17, 15) is 9.32 Å². The molecule has 2 N–H and O–H groups in total. The number of hydrogen-bond acceptors (Lipinski definition) is 5. The summed E-state index contributed by atoms with van der Waals surface area (Å²) in [6.45, 7) is 3.42. The highest BCUT2D eigenvalue weighted by atomic mass is 32.2. The van der Waals surface area contributed by atoms with Gasteiger partial charge in [0.1, 0.15) is 0 Å². The van der Waals surface area contributed by atoms with Crippen LogP contribution >= 0.6 is 11.3 Å². The molecule has 0 bridgehead atoms. The van der Waals surface area contributed by atoms with Gasteiger partial charge in [0.25, 0.3) is 0 Å². The van der Waals surface area contributed by atoms with Crippen LogP contribution in [0.25, 0.3) is 0 Å². The van der Waals surface area contributed by atoms with Gasteiger partial charge in [-0.05, 0) is 24.8 Å². The maximum Gasteiger partial charge on any atom is 0.0897 e. The molecular weight excluding hydrogens is 282 g/mol. The summed E-state index contributed by atoms with van der Waals surface area (Å²) < 4.78 is 16.4. The summed E-state index contributed by atoms with van der Waals surface area (Å²) in [7, 11) is -0.749. The van der Waals surface area contributed by atoms with Gasteiger partial charge in [0.15, 0.2) is 0 Å². The fourth-order valence-electron chi connectivity index (χ4n) is 1.53. The van der Waals surface area contributed by atoms with Crippen LogP contribution in [0.2, 0.25) is 0 Å². The third kappa shape index (κ3) is 8.49. The fourth-order valence-corrected chi connectivity index (χ4v) is 2.86. The highest BCUT2D eigenvalue weighted by Gasteiger charge is 2.08. The summed E-state index contributed by atoms with van der Waals surface area (Å²) in [4.78, 5) is 1.17. The first kappa shape index (κ1) is 16.8. The molecule has 0 fully saturated rings. The first-order valence-corrected chi connectivity index (χ1v) is 9.00. The van der Waals surface area contributed by atoms with Gasteiger partial charge in [-0.1, -0.05) is 6.07 Å². The number of aliphatic hydroxyl groups excluding tert-OH is 1. The predicted octanol–water partition coefficient (Wildman–Crippen LogP) is 1.37. The first-order chi connectivity index (χ1) is 9.08. The van der Waals surface area contributed by atoms with Crippen molar-refractivity contribution in [3.63, 3.8) is 0 Å². The molecule has 0 saturated carbocycles. The van der Waals surface area contributed by atoms with Crippen LogP contribution < -0.4 is 5.32 Å². The predicted molar refractivity (Wildman–Crippen MR) is 81.0 cm³/mol. The Morgan fingerprint density at radius 3 is 3.00 bits per heavy atom. The molecule has 6 heteroatoms. The summed E-state index contributed by atoms with van der Waals surface area (Å²) in [6, 6.07) is 4.26. The smallest absolute Gasteiger partial charge is 0.0897 e. The van der Waals surface area contributed by atoms with Crippen molar-refractivity contribution < 1.29 is 14.1 Å². The first-order valence-electron chi connectivity index (χ1n) is 6.39. The van der Waals surface area contributed by atoms with E-state index >= 15 is 0 Å². The van der Waals surface area contributed by atoms with Crippen LogP contribution in [0.3, 0.4) is 0 Å². The number of hydrogen-bond donors (Lipinski definition) is 2. The Bertz CT molecular complexity index is 357. The summed E-state index contributed by atoms with van der Waals surface area (Å²) in [5.74, 6) is 0.694. The highest BCUT2D eigenvalue weighted by molar-refractivity contribution is 7.84. The molecule has 0 radical (unpaired) electrons. The van der Waals surface area contributed by atoms with Gasteiger partial charge in [-0.25, -0.2) is 0 Å². The van der Waals surface area contributed by atoms with Crippen LogP contribution in [-0.4, -0.2) is 46.6 Å². The molecule has 0 spiro atoms. The van der Waals surface area contributed by atoms with E-state index in [4.69, 9.17) is 4.74 Å². The second kappa shape index (κ2) is 9.61. The van der Waals surface area contributed by atoms with E-state index < -0.39 is 16.9 Å². The van der Waals surface area contributed by atoms with E-state index in [1.54, 1.807) is 17.6 Å². The lowest BCUT2D eigenvalue weighted by Gasteiger charge is -2.16. The molecule has 1 heterocycles. The number of rotatable bonds is 10. The minimum atomic E-state index is -0.749. The zero-order chi connectivity index (χ0) is 14.1. The number of ether oxygens (including phenoxy) is 1. The summed E-state index contributed by atoms with van der Waals surface area (Å²) in [6.07, 6.45) is 2.06. The molecule has 0 amide bonds. The third-order valence-corrected chi connectivity index (χ3v) is 4.34. The standard InChI is InChI=1S/C13H23NO3S2/c1-11(5-7-19(2)16)14-8-12(15)9-17-10-13-4-3-6-18-13/h3-4,6,11-12,14-15H,5,7-10H2,1-2H3. The van der Waals surface area contributed by atoms with Gasteiger partial charge in [0, 0.05) is 40.3 Å². The Kier molecular flexibility index (Phi) is 8.48. The van der Waals surface area contributed by atoms with Crippen molar-refractivity contribution >= 4 is 22.1 Å². The molecule has 19 heavy (non-hydrogen) atoms. The molecule has 1 rings (SSSR count). The van der Waals surface area contributed by atoms with Crippen LogP contribution in [0, 0.1) is 0 Å². The highest BCUT2D eigenvalue weighted by Crippen LogP contribution is 2.09. The monoisotopic (exact) mass is 305 g/mol. The molecule has 0 aromatic carbocycles. The van der Waals surface area contributed by atoms with E-state index in [2.05, 4.69) is 5.32 Å². The molecule has 4 nitrogen and oxygen atoms in total. The zero-order valence-electron chi connectivity index (χ0n) is 11.5. The topological polar surface area (TPSA) is 58.6 Å². The summed E-state index contributed by atoms with van der Waals surface area (Å²) in [5.41, 5.74) is 0. The number of aliphatic hydroxyl groups is 1. The van der Waals surface area contributed by atoms with Crippen molar-refractivity contribution in [3.8, 4) is 0 Å². The Hall–Kier alpha value is -0.270. The van der Waals surface area contributed by atoms with Gasteiger partial charge in [0.05, 0.1) is 19.3 Å². The van der Waals surface area contributed by atoms with E-state index in [0.29, 0.717) is 25.5 Å². The minimum Gasteiger partial charge on any atom is -0.389 e. The molecule has 0 aliphatic heterocycles. The maximum atomic E-state index is 11.0. The average molecular weight is 305 g/mol. The Morgan fingerprint density at radius 1 is 1.58 bits per heavy atom. The summed E-state index contributed by atoms with van der Waals surface area (Å²) >= 11 is 1.65. The van der Waals surface area contributed by atoms with Crippen LogP contribution in [0.5, 0.6) is 0 Å². The molecule has 110 valence electrons. The number of thiophene rings is 1. The van der Waals surface area contributed by atoms with Crippen molar-refractivity contribution in [1.82, 2.24) is 5.32 Å². The Labute approximate surface area is 121 Å². The molecule has 3 atom stereocenters. The summed E-state index contributed by atoms with van der Waals surface area (Å²) in [5, 5.41) is 15.0. The molecule has 3 unspecified atom stereocenters. The Balaban J connectivity index is 2.03. The quantitative estimate of drug-likeness (QED) is 0.685. The zero-order valence-corrected chi connectivity index (χ0v) is 13.1. The lowest BCUT2D eigenvalue weighted by atomic mass is 10.2. The van der Waals surface area contributed by atoms with Crippen LogP contribution in [0.1, 0.15) is 18.2 Å². The lowest BCUT2D eigenvalue weighted by molar-refractivity contribution is 0.0288. The van der Waals surface area contributed by atoms with E-state index in [1.807, 2.05) is 24.4 Å². The minimum absolute atomic E-state index is 0.260. The second-order valence-corrected chi connectivity index (χ2v) is 7.21. The van der Waals surface area contributed by atoms with Gasteiger partial charge >= 0.3 is 0 Å². The van der Waals surface area contributed by atoms with E-state index in [1.165, 1.54) is 4.88 Å². The van der Waals surface area contributed by atoms with Crippen LogP contribution in [-0.2, 0) is 22.1 Å². The fraction of sp³-hybridized carbons (Fsp3) is 0.692. The Morgan fingerprint density at radius 2 is 2.37 bits per heavy atom. The van der Waals surface area contributed by atoms with E-state index in [-0.39, 0.29) is 6.04 Å². The molecule has 1 aromatic heterocycles. The molecule has 0 aliphatic carbocycles. The van der Waals surface area contributed by atoms with Gasteiger partial charge in [-0.2, -0.15) is 0 Å². The average Bonchev–Trinajstić information content (AvgIpc) is 2.87. The number of nitrogens with one attached hydrogen (secondary N) is 1. The van der Waals surface area contributed by atoms with Crippen molar-refractivity contribution in [2.75, 3.05) is 25.2 Å². The molecular formula is C13H23NO3S2. The molecule has 1 aromatic rings. The SMILES string of the molecule is CC(CCS(C)=O)NCC(O)COCc1cccs1. The maximum absolute atomic E-state index is 11.0. The van der Waals surface area contributed by atoms with Crippen molar-refractivity contribution in [2.45, 2.75) is 32.1 Å². The van der Waals surface area contributed by atoms with Crippen LogP contribution in [0.4, 0.5) is 0 Å². The largest absolute Gasteiger partial charge is 0.389 e. The molecule has 0 aliphatic rings. The van der Waals surface area contributed by atoms with Crippen LogP contribution in [0.15, 0.2) is 17.5 Å². The second-order valence-electron chi connectivity index (χ2n) is 4.62. The van der Waals surface area contributed by atoms with Crippen molar-refractivity contribution in [3.05, 3.63) is 22.4 Å². The van der Waals surface area contributed by atoms with Crippen molar-refractivity contribution in [2.24, 2.45) is 0 Å². The van der Waals surface area contributed by atoms with Gasteiger partial charge in [-0.15, -0.1) is 11.3 Å². The lowest BCUT2D eigenvalue weighted by Crippen LogP contribution is -2.36. The third-order valence-electron chi connectivity index (χ3n) is 2.67. The molecule has 0 saturated heterocycles. The van der Waals surface area contributed by atoms with Gasteiger partial charge < -0.3 is 15.2 Å². The normalized spacial score (nSPS) is 16.2. The van der Waals surface area contributed by atoms with Gasteiger partial charge in [-0.3, -0.25) is 4.21 Å². The van der Waals surface area contributed by atoms with E-state index in [0.717, 1.165) is 6.42 Å².